The number of halogens is 3. The molecule has 174 valence electrons. The van der Waals surface area contributed by atoms with Gasteiger partial charge in [0.1, 0.15) is 0 Å². The van der Waals surface area contributed by atoms with E-state index in [0.717, 1.165) is 23.3 Å². The summed E-state index contributed by atoms with van der Waals surface area (Å²) in [5.74, 6) is -0.268. The minimum absolute atomic E-state index is 0.0783. The molecule has 0 spiro atoms. The molecule has 1 saturated heterocycles. The fourth-order valence-electron chi connectivity index (χ4n) is 3.78. The van der Waals surface area contributed by atoms with Crippen molar-refractivity contribution in [3.8, 4) is 10.4 Å². The second-order valence-electron chi connectivity index (χ2n) is 7.78. The Morgan fingerprint density at radius 1 is 0.970 bits per heavy atom. The van der Waals surface area contributed by atoms with Crippen molar-refractivity contribution >= 4 is 32.8 Å². The predicted molar refractivity (Wildman–Crippen MR) is 122 cm³/mol. The number of nitrogens with zero attached hydrogens (tertiary/aromatic N) is 2. The van der Waals surface area contributed by atoms with Crippen molar-refractivity contribution in [2.24, 2.45) is 0 Å². The van der Waals surface area contributed by atoms with Gasteiger partial charge in [0.05, 0.1) is 10.5 Å². The molecule has 4 rings (SSSR count). The summed E-state index contributed by atoms with van der Waals surface area (Å²) in [6.45, 7) is 1.65. The van der Waals surface area contributed by atoms with Gasteiger partial charge in [-0.2, -0.15) is 13.2 Å². The van der Waals surface area contributed by atoms with Gasteiger partial charge in [0.25, 0.3) is 5.91 Å². The molecular weight excluding hydrogens is 473 g/mol. The molecule has 10 heteroatoms. The van der Waals surface area contributed by atoms with Gasteiger partial charge in [-0.1, -0.05) is 12.1 Å². The minimum atomic E-state index is -4.38. The Kier molecular flexibility index (Phi) is 6.24. The number of hydrogen-bond donors (Lipinski definition) is 0. The van der Waals surface area contributed by atoms with E-state index < -0.39 is 21.6 Å². The quantitative estimate of drug-likeness (QED) is 0.523. The summed E-state index contributed by atoms with van der Waals surface area (Å²) in [7, 11) is -3.49. The van der Waals surface area contributed by atoms with E-state index in [4.69, 9.17) is 0 Å². The molecule has 1 amide bonds. The predicted octanol–water partition coefficient (Wildman–Crippen LogP) is 4.80. The molecule has 1 aliphatic heterocycles. The number of thiophene rings is 1. The van der Waals surface area contributed by atoms with Crippen molar-refractivity contribution in [2.45, 2.75) is 11.1 Å². The summed E-state index contributed by atoms with van der Waals surface area (Å²) in [5.41, 5.74) is 0.955. The first kappa shape index (κ1) is 23.3. The lowest BCUT2D eigenvalue weighted by molar-refractivity contribution is -0.137. The topological polar surface area (TPSA) is 57.7 Å². The van der Waals surface area contributed by atoms with Gasteiger partial charge in [0, 0.05) is 54.1 Å². The number of sulfone groups is 1. The largest absolute Gasteiger partial charge is 0.416 e. The number of piperazine rings is 1. The molecule has 0 N–H and O–H groups in total. The molecule has 2 heterocycles. The molecule has 1 aromatic heterocycles. The first-order chi connectivity index (χ1) is 15.5. The first-order valence-corrected chi connectivity index (χ1v) is 12.9. The van der Waals surface area contributed by atoms with Crippen molar-refractivity contribution in [1.82, 2.24) is 4.90 Å². The van der Waals surface area contributed by atoms with Gasteiger partial charge in [-0.15, -0.1) is 11.3 Å². The Balaban J connectivity index is 1.54. The van der Waals surface area contributed by atoms with Crippen LogP contribution >= 0.6 is 11.3 Å². The third-order valence-corrected chi connectivity index (χ3v) is 7.58. The monoisotopic (exact) mass is 494 g/mol. The highest BCUT2D eigenvalue weighted by molar-refractivity contribution is 7.90. The molecule has 33 heavy (non-hydrogen) atoms. The molecule has 0 bridgehead atoms. The number of alkyl halides is 3. The molecule has 0 radical (unpaired) electrons. The van der Waals surface area contributed by atoms with Gasteiger partial charge < -0.3 is 9.80 Å². The average molecular weight is 495 g/mol. The van der Waals surface area contributed by atoms with Crippen molar-refractivity contribution in [3.05, 3.63) is 71.1 Å². The maximum absolute atomic E-state index is 13.4. The number of anilines is 1. The van der Waals surface area contributed by atoms with Crippen LogP contribution in [-0.2, 0) is 16.0 Å². The van der Waals surface area contributed by atoms with Crippen LogP contribution in [0.15, 0.2) is 64.9 Å². The Labute approximate surface area is 194 Å². The Hall–Kier alpha value is -2.85. The summed E-state index contributed by atoms with van der Waals surface area (Å²) >= 11 is 1.46. The Bertz CT molecular complexity index is 1250. The molecule has 3 aromatic rings. The van der Waals surface area contributed by atoms with Crippen molar-refractivity contribution in [3.63, 3.8) is 0 Å². The molecule has 1 fully saturated rings. The minimum Gasteiger partial charge on any atom is -0.368 e. The third kappa shape index (κ3) is 5.06. The van der Waals surface area contributed by atoms with E-state index >= 15 is 0 Å². The van der Waals surface area contributed by atoms with Gasteiger partial charge in [-0.25, -0.2) is 8.42 Å². The highest BCUT2D eigenvalue weighted by Gasteiger charge is 2.31. The zero-order valence-electron chi connectivity index (χ0n) is 17.7. The molecule has 0 atom stereocenters. The highest BCUT2D eigenvalue weighted by atomic mass is 32.2. The van der Waals surface area contributed by atoms with Gasteiger partial charge in [0.15, 0.2) is 9.84 Å². The molecule has 5 nitrogen and oxygen atoms in total. The van der Waals surface area contributed by atoms with Crippen molar-refractivity contribution in [1.29, 1.82) is 0 Å². The van der Waals surface area contributed by atoms with Crippen LogP contribution in [0.4, 0.5) is 18.9 Å². The summed E-state index contributed by atoms with van der Waals surface area (Å²) in [5, 5.41) is 1.89. The summed E-state index contributed by atoms with van der Waals surface area (Å²) < 4.78 is 62.6. The summed E-state index contributed by atoms with van der Waals surface area (Å²) in [4.78, 5) is 17.9. The van der Waals surface area contributed by atoms with Crippen LogP contribution in [0.5, 0.6) is 0 Å². The Morgan fingerprint density at radius 3 is 2.18 bits per heavy atom. The van der Waals surface area contributed by atoms with Gasteiger partial charge in [0.2, 0.25) is 0 Å². The van der Waals surface area contributed by atoms with E-state index in [0.29, 0.717) is 43.0 Å². The van der Waals surface area contributed by atoms with E-state index in [1.165, 1.54) is 35.6 Å². The van der Waals surface area contributed by atoms with Crippen LogP contribution in [0.2, 0.25) is 0 Å². The number of carbonyl (C=O) groups excluding carboxylic acids is 1. The van der Waals surface area contributed by atoms with Crippen LogP contribution in [0.3, 0.4) is 0 Å². The molecular formula is C23H21F3N2O3S2. The zero-order valence-corrected chi connectivity index (χ0v) is 19.3. The van der Waals surface area contributed by atoms with E-state index in [1.54, 1.807) is 11.0 Å². The second kappa shape index (κ2) is 8.83. The zero-order chi connectivity index (χ0) is 23.8. The molecule has 0 aliphatic carbocycles. The lowest BCUT2D eigenvalue weighted by Gasteiger charge is -2.36. The van der Waals surface area contributed by atoms with Crippen molar-refractivity contribution < 1.29 is 26.4 Å². The summed E-state index contributed by atoms with van der Waals surface area (Å²) in [6.07, 6.45) is -3.28. The maximum Gasteiger partial charge on any atom is 0.416 e. The number of rotatable bonds is 4. The van der Waals surface area contributed by atoms with Crippen LogP contribution < -0.4 is 4.90 Å². The van der Waals surface area contributed by atoms with Crippen LogP contribution in [-0.4, -0.2) is 51.7 Å². The van der Waals surface area contributed by atoms with Crippen LogP contribution in [0, 0.1) is 0 Å². The SMILES string of the molecule is CS(=O)(=O)c1ccc(-c2cccs2)c(C(=O)N2CCN(c3ccc(C(F)(F)F)cc3)CC2)c1. The third-order valence-electron chi connectivity index (χ3n) is 5.56. The van der Waals surface area contributed by atoms with Crippen LogP contribution in [0.1, 0.15) is 15.9 Å². The van der Waals surface area contributed by atoms with Gasteiger partial charge >= 0.3 is 6.18 Å². The number of hydrogen-bond acceptors (Lipinski definition) is 5. The highest BCUT2D eigenvalue weighted by Crippen LogP contribution is 2.32. The standard InChI is InChI=1S/C23H21F3N2O3S2/c1-33(30,31)18-8-9-19(21-3-2-14-32-21)20(15-18)22(29)28-12-10-27(11-13-28)17-6-4-16(5-7-17)23(24,25)26/h2-9,14-15H,10-13H2,1H3. The molecule has 2 aromatic carbocycles. The smallest absolute Gasteiger partial charge is 0.368 e. The van der Waals surface area contributed by atoms with E-state index in [1.807, 2.05) is 22.4 Å². The van der Waals surface area contributed by atoms with Crippen LogP contribution in [0.25, 0.3) is 10.4 Å². The first-order valence-electron chi connectivity index (χ1n) is 10.1. The number of carbonyl (C=O) groups is 1. The molecule has 0 saturated carbocycles. The van der Waals surface area contributed by atoms with Gasteiger partial charge in [-0.05, 0) is 47.8 Å². The summed E-state index contributed by atoms with van der Waals surface area (Å²) in [6, 6.07) is 13.3. The second-order valence-corrected chi connectivity index (χ2v) is 10.7. The molecule has 0 unspecified atom stereocenters. The Morgan fingerprint density at radius 2 is 1.64 bits per heavy atom. The lowest BCUT2D eigenvalue weighted by Crippen LogP contribution is -2.49. The van der Waals surface area contributed by atoms with E-state index in [9.17, 15) is 26.4 Å². The lowest BCUT2D eigenvalue weighted by atomic mass is 10.0. The van der Waals surface area contributed by atoms with Gasteiger partial charge in [-0.3, -0.25) is 4.79 Å². The normalized spacial score (nSPS) is 15.0. The fraction of sp³-hybridized carbons (Fsp3) is 0.261. The fourth-order valence-corrected chi connectivity index (χ4v) is 5.19. The number of amides is 1. The number of benzene rings is 2. The average Bonchev–Trinajstić information content (AvgIpc) is 3.32. The van der Waals surface area contributed by atoms with Crippen molar-refractivity contribution in [2.75, 3.05) is 37.3 Å². The van der Waals surface area contributed by atoms with E-state index in [2.05, 4.69) is 0 Å². The van der Waals surface area contributed by atoms with E-state index in [-0.39, 0.29) is 10.8 Å². The maximum atomic E-state index is 13.4. The molecule has 1 aliphatic rings.